The first-order valence-corrected chi connectivity index (χ1v) is 3.52. The molecule has 0 aromatic rings. The molecule has 0 spiro atoms. The summed E-state index contributed by atoms with van der Waals surface area (Å²) in [6.45, 7) is 3.61. The van der Waals surface area contributed by atoms with Crippen molar-refractivity contribution in [3.05, 3.63) is 0 Å². The number of ether oxygens (including phenoxy) is 1. The van der Waals surface area contributed by atoms with Crippen LogP contribution in [-0.2, 0) is 4.74 Å². The van der Waals surface area contributed by atoms with Gasteiger partial charge in [-0.15, -0.1) is 5.92 Å². The highest BCUT2D eigenvalue weighted by atomic mass is 16.7. The van der Waals surface area contributed by atoms with Crippen molar-refractivity contribution in [3.8, 4) is 11.8 Å². The zero-order chi connectivity index (χ0) is 8.69. The van der Waals surface area contributed by atoms with Crippen molar-refractivity contribution in [2.45, 2.75) is 32.8 Å². The summed E-state index contributed by atoms with van der Waals surface area (Å²) in [7, 11) is 0. The minimum Gasteiger partial charge on any atom is -0.450 e. The normalized spacial score (nSPS) is 11.1. The van der Waals surface area contributed by atoms with Gasteiger partial charge in [-0.25, -0.2) is 4.79 Å². The van der Waals surface area contributed by atoms with Gasteiger partial charge in [0.25, 0.3) is 0 Å². The van der Waals surface area contributed by atoms with Crippen LogP contribution in [-0.4, -0.2) is 17.4 Å². The Morgan fingerprint density at radius 1 is 1.73 bits per heavy atom. The fourth-order valence-electron chi connectivity index (χ4n) is 0.705. The van der Waals surface area contributed by atoms with E-state index in [0.29, 0.717) is 6.42 Å². The van der Waals surface area contributed by atoms with E-state index < -0.39 is 12.3 Å². The highest BCUT2D eigenvalue weighted by Gasteiger charge is 2.07. The van der Waals surface area contributed by atoms with Gasteiger partial charge >= 0.3 is 6.16 Å². The summed E-state index contributed by atoms with van der Waals surface area (Å²) < 4.78 is 4.47. The summed E-state index contributed by atoms with van der Waals surface area (Å²) in [5, 5.41) is 8.25. The zero-order valence-corrected chi connectivity index (χ0v) is 6.76. The molecule has 1 N–H and O–H groups in total. The van der Waals surface area contributed by atoms with E-state index in [1.165, 1.54) is 0 Å². The Hall–Kier alpha value is -1.17. The number of rotatable bonds is 3. The van der Waals surface area contributed by atoms with Crippen LogP contribution < -0.4 is 0 Å². The van der Waals surface area contributed by atoms with E-state index in [2.05, 4.69) is 16.6 Å². The molecule has 3 heteroatoms. The third-order valence-electron chi connectivity index (χ3n) is 1.10. The van der Waals surface area contributed by atoms with Crippen molar-refractivity contribution < 1.29 is 14.6 Å². The summed E-state index contributed by atoms with van der Waals surface area (Å²) in [4.78, 5) is 10.1. The highest BCUT2D eigenvalue weighted by Crippen LogP contribution is 2.00. The number of hydrogen-bond acceptors (Lipinski definition) is 2. The summed E-state index contributed by atoms with van der Waals surface area (Å²) in [5.74, 6) is 5.28. The quantitative estimate of drug-likeness (QED) is 0.501. The molecule has 0 radical (unpaired) electrons. The predicted molar refractivity (Wildman–Crippen MR) is 41.3 cm³/mol. The maximum atomic E-state index is 10.1. The molecule has 1 atom stereocenters. The van der Waals surface area contributed by atoms with E-state index >= 15 is 0 Å². The summed E-state index contributed by atoms with van der Waals surface area (Å²) in [6.07, 6.45) is -0.187. The van der Waals surface area contributed by atoms with Crippen molar-refractivity contribution in [2.75, 3.05) is 0 Å². The molecule has 0 aromatic heterocycles. The van der Waals surface area contributed by atoms with Gasteiger partial charge in [0.15, 0.2) is 6.10 Å². The van der Waals surface area contributed by atoms with Crippen LogP contribution in [0, 0.1) is 11.8 Å². The van der Waals surface area contributed by atoms with Gasteiger partial charge in [-0.05, 0) is 13.3 Å². The molecule has 0 aromatic carbocycles. The second-order valence-corrected chi connectivity index (χ2v) is 2.06. The molecule has 0 aliphatic carbocycles. The Balaban J connectivity index is 3.85. The lowest BCUT2D eigenvalue weighted by Gasteiger charge is -2.06. The van der Waals surface area contributed by atoms with Gasteiger partial charge < -0.3 is 9.84 Å². The van der Waals surface area contributed by atoms with Crippen molar-refractivity contribution in [1.29, 1.82) is 0 Å². The first-order valence-electron chi connectivity index (χ1n) is 3.52. The number of hydrogen-bond donors (Lipinski definition) is 1. The van der Waals surface area contributed by atoms with E-state index in [9.17, 15) is 4.79 Å². The molecule has 0 bridgehead atoms. The second kappa shape index (κ2) is 5.60. The first kappa shape index (κ1) is 9.83. The third-order valence-corrected chi connectivity index (χ3v) is 1.10. The van der Waals surface area contributed by atoms with Crippen LogP contribution in [0.1, 0.15) is 26.7 Å². The topological polar surface area (TPSA) is 46.5 Å². The van der Waals surface area contributed by atoms with Crippen molar-refractivity contribution in [2.24, 2.45) is 0 Å². The molecule has 62 valence electrons. The lowest BCUT2D eigenvalue weighted by molar-refractivity contribution is 0.0693. The third kappa shape index (κ3) is 5.28. The summed E-state index contributed by atoms with van der Waals surface area (Å²) >= 11 is 0. The van der Waals surface area contributed by atoms with Gasteiger partial charge in [0.05, 0.1) is 0 Å². The Bertz CT molecular complexity index is 176. The minimum atomic E-state index is -1.26. The highest BCUT2D eigenvalue weighted by molar-refractivity contribution is 5.57. The predicted octanol–water partition coefficient (Wildman–Crippen LogP) is 1.87. The average Bonchev–Trinajstić information content (AvgIpc) is 1.87. The van der Waals surface area contributed by atoms with Crippen molar-refractivity contribution in [1.82, 2.24) is 0 Å². The largest absolute Gasteiger partial charge is 0.507 e. The average molecular weight is 156 g/mol. The van der Waals surface area contributed by atoms with Gasteiger partial charge in [0.1, 0.15) is 0 Å². The molecule has 1 unspecified atom stereocenters. The van der Waals surface area contributed by atoms with E-state index in [4.69, 9.17) is 5.11 Å². The monoisotopic (exact) mass is 156 g/mol. The van der Waals surface area contributed by atoms with Crippen LogP contribution in [0.4, 0.5) is 4.79 Å². The van der Waals surface area contributed by atoms with Crippen LogP contribution in [0.2, 0.25) is 0 Å². The van der Waals surface area contributed by atoms with Gasteiger partial charge in [-0.1, -0.05) is 19.3 Å². The Kier molecular flexibility index (Phi) is 5.01. The molecular weight excluding hydrogens is 144 g/mol. The van der Waals surface area contributed by atoms with E-state index in [-0.39, 0.29) is 0 Å². The van der Waals surface area contributed by atoms with Crippen molar-refractivity contribution >= 4 is 6.16 Å². The summed E-state index contributed by atoms with van der Waals surface area (Å²) in [5.41, 5.74) is 0. The lowest BCUT2D eigenvalue weighted by Crippen LogP contribution is -2.14. The van der Waals surface area contributed by atoms with Crippen molar-refractivity contribution in [3.63, 3.8) is 0 Å². The van der Waals surface area contributed by atoms with E-state index in [0.717, 1.165) is 6.42 Å². The SMILES string of the molecule is CC#CC(CCC)OC(=O)O. The van der Waals surface area contributed by atoms with E-state index in [1.54, 1.807) is 6.92 Å². The lowest BCUT2D eigenvalue weighted by atomic mass is 10.2. The van der Waals surface area contributed by atoms with Crippen LogP contribution in [0.15, 0.2) is 0 Å². The molecule has 0 fully saturated rings. The number of carbonyl (C=O) groups is 1. The van der Waals surface area contributed by atoms with E-state index in [1.807, 2.05) is 6.92 Å². The van der Waals surface area contributed by atoms with Gasteiger partial charge in [0, 0.05) is 0 Å². The minimum absolute atomic E-state index is 0.456. The zero-order valence-electron chi connectivity index (χ0n) is 6.76. The fourth-order valence-corrected chi connectivity index (χ4v) is 0.705. The Morgan fingerprint density at radius 2 is 2.36 bits per heavy atom. The Morgan fingerprint density at radius 3 is 2.73 bits per heavy atom. The maximum absolute atomic E-state index is 10.1. The van der Waals surface area contributed by atoms with Gasteiger partial charge in [-0.2, -0.15) is 0 Å². The molecule has 0 heterocycles. The molecule has 0 aliphatic rings. The molecular formula is C8H12O3. The van der Waals surface area contributed by atoms with Crippen LogP contribution in [0.3, 0.4) is 0 Å². The standard InChI is InChI=1S/C8H12O3/c1-3-5-7(6-4-2)11-8(9)10/h7H,3,5H2,1-2H3,(H,9,10). The molecule has 0 saturated heterocycles. The molecule has 0 amide bonds. The number of carboxylic acid groups (broad SMARTS) is 1. The maximum Gasteiger partial charge on any atom is 0.507 e. The summed E-state index contributed by atoms with van der Waals surface area (Å²) in [6, 6.07) is 0. The molecule has 0 rings (SSSR count). The smallest absolute Gasteiger partial charge is 0.450 e. The van der Waals surface area contributed by atoms with Crippen LogP contribution in [0.5, 0.6) is 0 Å². The first-order chi connectivity index (χ1) is 5.20. The van der Waals surface area contributed by atoms with Gasteiger partial charge in [-0.3, -0.25) is 0 Å². The second-order valence-electron chi connectivity index (χ2n) is 2.06. The molecule has 3 nitrogen and oxygen atoms in total. The van der Waals surface area contributed by atoms with Crippen LogP contribution >= 0.6 is 0 Å². The van der Waals surface area contributed by atoms with Crippen LogP contribution in [0.25, 0.3) is 0 Å². The Labute approximate surface area is 66.4 Å². The molecule has 11 heavy (non-hydrogen) atoms. The fraction of sp³-hybridized carbons (Fsp3) is 0.625. The molecule has 0 saturated carbocycles. The van der Waals surface area contributed by atoms with Gasteiger partial charge in [0.2, 0.25) is 0 Å². The molecule has 0 aliphatic heterocycles.